The summed E-state index contributed by atoms with van der Waals surface area (Å²) >= 11 is 0. The van der Waals surface area contributed by atoms with Crippen molar-refractivity contribution in [2.24, 2.45) is 9.39 Å². The molecule has 1 aliphatic rings. The molecular weight excluding hydrogens is 398 g/mol. The quantitative estimate of drug-likeness (QED) is 0.647. The molecule has 3 N–H and O–H groups in total. The highest BCUT2D eigenvalue weighted by atomic mass is 32.2. The minimum absolute atomic E-state index is 0.0321. The molecule has 2 heterocycles. The van der Waals surface area contributed by atoms with E-state index in [1.54, 1.807) is 46.1 Å². The summed E-state index contributed by atoms with van der Waals surface area (Å²) in [5.41, 5.74) is 0.178. The summed E-state index contributed by atoms with van der Waals surface area (Å²) in [5, 5.41) is 13.2. The highest BCUT2D eigenvalue weighted by Gasteiger charge is 2.28. The van der Waals surface area contributed by atoms with Crippen LogP contribution in [0.4, 0.5) is 5.69 Å². The van der Waals surface area contributed by atoms with Gasteiger partial charge < -0.3 is 19.7 Å². The average Bonchev–Trinajstić information content (AvgIpc) is 3.19. The standard InChI is InChI=1S/C18H21N5O5S/c1-10-8-9-14(28-10)11(2)19-16-17(22-29(26,27)21-16)20-13-7-5-6-12(15(13)24)18(25)23(3)4/h5-9,11,24H,1-4H3,(H,19,21)(H,20,22)/t11-/m1/s1. The van der Waals surface area contributed by atoms with Crippen LogP contribution in [0.5, 0.6) is 5.75 Å². The van der Waals surface area contributed by atoms with E-state index in [2.05, 4.69) is 19.4 Å². The third-order valence-electron chi connectivity index (χ3n) is 4.08. The van der Waals surface area contributed by atoms with Crippen molar-refractivity contribution in [3.63, 3.8) is 0 Å². The second-order valence-electron chi connectivity index (χ2n) is 6.65. The maximum Gasteiger partial charge on any atom is 0.345 e. The topological polar surface area (TPSA) is 137 Å². The molecule has 0 saturated carbocycles. The van der Waals surface area contributed by atoms with Crippen molar-refractivity contribution in [2.75, 3.05) is 19.4 Å². The first-order chi connectivity index (χ1) is 13.6. The number of carbonyl (C=O) groups excluding carboxylic acids is 1. The van der Waals surface area contributed by atoms with Crippen molar-refractivity contribution in [3.8, 4) is 5.75 Å². The maximum atomic E-state index is 12.2. The fourth-order valence-electron chi connectivity index (χ4n) is 2.65. The van der Waals surface area contributed by atoms with E-state index in [9.17, 15) is 18.3 Å². The molecule has 0 radical (unpaired) electrons. The Morgan fingerprint density at radius 1 is 1.31 bits per heavy atom. The lowest BCUT2D eigenvalue weighted by molar-refractivity contribution is 0.0824. The highest BCUT2D eigenvalue weighted by molar-refractivity contribution is 7.89. The van der Waals surface area contributed by atoms with Crippen LogP contribution in [0, 0.1) is 6.92 Å². The Kier molecular flexibility index (Phi) is 5.33. The van der Waals surface area contributed by atoms with Gasteiger partial charge in [-0.05, 0) is 38.1 Å². The first-order valence-corrected chi connectivity index (χ1v) is 10.1. The number of para-hydroxylation sites is 1. The number of amides is 1. The minimum atomic E-state index is -3.98. The van der Waals surface area contributed by atoms with Gasteiger partial charge in [-0.15, -0.1) is 4.40 Å². The number of nitrogens with zero attached hydrogens (tertiary/aromatic N) is 3. The van der Waals surface area contributed by atoms with Crippen LogP contribution < -0.4 is 10.0 Å². The van der Waals surface area contributed by atoms with E-state index >= 15 is 0 Å². The molecule has 1 aromatic heterocycles. The lowest BCUT2D eigenvalue weighted by atomic mass is 10.1. The third-order valence-corrected chi connectivity index (χ3v) is 4.96. The summed E-state index contributed by atoms with van der Waals surface area (Å²) in [6.07, 6.45) is 0. The van der Waals surface area contributed by atoms with Gasteiger partial charge in [0.2, 0.25) is 0 Å². The van der Waals surface area contributed by atoms with Gasteiger partial charge in [0.15, 0.2) is 17.4 Å². The van der Waals surface area contributed by atoms with Gasteiger partial charge in [-0.1, -0.05) is 6.07 Å². The molecule has 0 saturated heterocycles. The molecule has 0 bridgehead atoms. The second kappa shape index (κ2) is 7.59. The van der Waals surface area contributed by atoms with Crippen molar-refractivity contribution in [2.45, 2.75) is 19.9 Å². The molecule has 11 heteroatoms. The minimum Gasteiger partial charge on any atom is -0.505 e. The lowest BCUT2D eigenvalue weighted by Gasteiger charge is -2.14. The van der Waals surface area contributed by atoms with Gasteiger partial charge in [0, 0.05) is 14.1 Å². The zero-order valence-electron chi connectivity index (χ0n) is 16.3. The third kappa shape index (κ3) is 4.40. The zero-order chi connectivity index (χ0) is 21.3. The highest BCUT2D eigenvalue weighted by Crippen LogP contribution is 2.29. The Hall–Kier alpha value is -3.34. The molecule has 29 heavy (non-hydrogen) atoms. The number of hydrogen-bond donors (Lipinski definition) is 3. The Balaban J connectivity index is 1.93. The Morgan fingerprint density at radius 2 is 2.03 bits per heavy atom. The number of aliphatic imine (C=N–C) groups is 1. The SMILES string of the molecule is Cc1ccc([C@@H](C)N=C2NS(=O)(=O)N=C2Nc2cccc(C(=O)N(C)C)c2O)o1. The van der Waals surface area contributed by atoms with E-state index in [0.29, 0.717) is 11.5 Å². The molecular formula is C18H21N5O5S. The molecule has 10 nitrogen and oxygen atoms in total. The van der Waals surface area contributed by atoms with Gasteiger partial charge in [-0.3, -0.25) is 9.79 Å². The fraction of sp³-hybridized carbons (Fsp3) is 0.278. The Morgan fingerprint density at radius 3 is 2.66 bits per heavy atom. The van der Waals surface area contributed by atoms with Crippen molar-refractivity contribution in [1.82, 2.24) is 9.62 Å². The second-order valence-corrected chi connectivity index (χ2v) is 7.98. The van der Waals surface area contributed by atoms with Gasteiger partial charge in [0.05, 0.1) is 11.3 Å². The number of carbonyl (C=O) groups is 1. The van der Waals surface area contributed by atoms with Crippen molar-refractivity contribution in [3.05, 3.63) is 47.4 Å². The van der Waals surface area contributed by atoms with Crippen LogP contribution in [0.15, 0.2) is 44.1 Å². The number of amidine groups is 2. The lowest BCUT2D eigenvalue weighted by Crippen LogP contribution is -2.31. The fourth-order valence-corrected chi connectivity index (χ4v) is 3.46. The molecule has 2 aromatic rings. The molecule has 3 rings (SSSR count). The molecule has 1 aliphatic heterocycles. The summed E-state index contributed by atoms with van der Waals surface area (Å²) in [6, 6.07) is 7.56. The predicted molar refractivity (Wildman–Crippen MR) is 109 cm³/mol. The number of aromatic hydroxyl groups is 1. The van der Waals surface area contributed by atoms with Crippen LogP contribution in [0.1, 0.15) is 34.8 Å². The average molecular weight is 419 g/mol. The van der Waals surface area contributed by atoms with Gasteiger partial charge in [-0.25, -0.2) is 4.72 Å². The molecule has 1 amide bonds. The summed E-state index contributed by atoms with van der Waals surface area (Å²) in [5.74, 6) is 0.397. The van der Waals surface area contributed by atoms with Crippen molar-refractivity contribution in [1.29, 1.82) is 0 Å². The normalized spacial score (nSPS) is 17.5. The number of phenols is 1. The van der Waals surface area contributed by atoms with Crippen LogP contribution in [-0.2, 0) is 10.2 Å². The van der Waals surface area contributed by atoms with E-state index in [4.69, 9.17) is 4.42 Å². The van der Waals surface area contributed by atoms with Crippen LogP contribution in [-0.4, -0.2) is 50.1 Å². The molecule has 1 atom stereocenters. The number of furan rings is 1. The van der Waals surface area contributed by atoms with E-state index < -0.39 is 22.2 Å². The van der Waals surface area contributed by atoms with Gasteiger partial charge in [0.25, 0.3) is 5.91 Å². The van der Waals surface area contributed by atoms with Gasteiger partial charge >= 0.3 is 10.2 Å². The molecule has 0 fully saturated rings. The van der Waals surface area contributed by atoms with E-state index in [1.165, 1.54) is 17.0 Å². The number of nitrogens with one attached hydrogen (secondary N) is 2. The summed E-state index contributed by atoms with van der Waals surface area (Å²) in [6.45, 7) is 3.53. The largest absolute Gasteiger partial charge is 0.505 e. The van der Waals surface area contributed by atoms with E-state index in [-0.39, 0.29) is 28.7 Å². The Bertz CT molecular complexity index is 1120. The number of aryl methyl sites for hydroxylation is 1. The smallest absolute Gasteiger partial charge is 0.345 e. The number of anilines is 1. The maximum absolute atomic E-state index is 12.2. The number of rotatable bonds is 4. The monoisotopic (exact) mass is 419 g/mol. The number of hydrogen-bond acceptors (Lipinski definition) is 7. The van der Waals surface area contributed by atoms with Crippen LogP contribution >= 0.6 is 0 Å². The molecule has 0 spiro atoms. The molecule has 0 unspecified atom stereocenters. The molecule has 1 aromatic carbocycles. The summed E-state index contributed by atoms with van der Waals surface area (Å²) in [7, 11) is -0.868. The van der Waals surface area contributed by atoms with Crippen LogP contribution in [0.3, 0.4) is 0 Å². The number of phenolic OH excluding ortho intramolecular Hbond substituents is 1. The van der Waals surface area contributed by atoms with E-state index in [0.717, 1.165) is 0 Å². The zero-order valence-corrected chi connectivity index (χ0v) is 17.1. The summed E-state index contributed by atoms with van der Waals surface area (Å²) < 4.78 is 35.3. The first-order valence-electron chi connectivity index (χ1n) is 8.65. The van der Waals surface area contributed by atoms with E-state index in [1.807, 2.05) is 0 Å². The molecule has 0 aliphatic carbocycles. The van der Waals surface area contributed by atoms with Gasteiger partial charge in [0.1, 0.15) is 17.6 Å². The van der Waals surface area contributed by atoms with Gasteiger partial charge in [-0.2, -0.15) is 8.42 Å². The predicted octanol–water partition coefficient (Wildman–Crippen LogP) is 1.81. The first kappa shape index (κ1) is 20.4. The molecule has 154 valence electrons. The van der Waals surface area contributed by atoms with Crippen molar-refractivity contribution < 1.29 is 22.7 Å². The van der Waals surface area contributed by atoms with Crippen LogP contribution in [0.25, 0.3) is 0 Å². The van der Waals surface area contributed by atoms with Crippen LogP contribution in [0.2, 0.25) is 0 Å². The van der Waals surface area contributed by atoms with Crippen molar-refractivity contribution >= 4 is 33.5 Å². The Labute approximate surface area is 168 Å². The summed E-state index contributed by atoms with van der Waals surface area (Å²) in [4.78, 5) is 17.8. The number of benzene rings is 1.